The molecule has 24 heavy (non-hydrogen) atoms. The van der Waals surface area contributed by atoms with Crippen molar-refractivity contribution in [3.05, 3.63) is 40.3 Å². The van der Waals surface area contributed by atoms with Gasteiger partial charge in [-0.15, -0.1) is 0 Å². The van der Waals surface area contributed by atoms with Crippen LogP contribution in [0.25, 0.3) is 10.8 Å². The molecule has 2 aromatic rings. The molecule has 0 fully saturated rings. The number of carbonyl (C=O) groups is 2. The largest absolute Gasteiger partial charge is 0.355 e. The van der Waals surface area contributed by atoms with Crippen molar-refractivity contribution in [3.8, 4) is 0 Å². The van der Waals surface area contributed by atoms with E-state index in [4.69, 9.17) is 0 Å². The summed E-state index contributed by atoms with van der Waals surface area (Å²) in [5.74, 6) is -0.292. The van der Waals surface area contributed by atoms with E-state index < -0.39 is 0 Å². The molecule has 1 heterocycles. The summed E-state index contributed by atoms with van der Waals surface area (Å²) in [4.78, 5) is 35.8. The van der Waals surface area contributed by atoms with E-state index in [1.165, 1.54) is 11.6 Å². The minimum atomic E-state index is -0.367. The summed E-state index contributed by atoms with van der Waals surface area (Å²) in [7, 11) is 0. The first kappa shape index (κ1) is 17.7. The highest BCUT2D eigenvalue weighted by atomic mass is 16.2. The van der Waals surface area contributed by atoms with Crippen LogP contribution in [-0.2, 0) is 11.3 Å². The Hall–Kier alpha value is -2.70. The minimum absolute atomic E-state index is 0.154. The first-order valence-corrected chi connectivity index (χ1v) is 7.92. The number of benzene rings is 1. The van der Waals surface area contributed by atoms with E-state index in [1.807, 2.05) is 13.8 Å². The van der Waals surface area contributed by atoms with Gasteiger partial charge in [0.05, 0.1) is 5.39 Å². The third kappa shape index (κ3) is 4.18. The van der Waals surface area contributed by atoms with Gasteiger partial charge in [-0.1, -0.05) is 32.0 Å². The van der Waals surface area contributed by atoms with Gasteiger partial charge in [0.15, 0.2) is 5.69 Å². The lowest BCUT2D eigenvalue weighted by molar-refractivity contribution is -0.118. The molecule has 0 saturated carbocycles. The summed E-state index contributed by atoms with van der Waals surface area (Å²) in [6, 6.07) is 6.95. The lowest BCUT2D eigenvalue weighted by atomic mass is 10.1. The molecule has 2 rings (SSSR count). The molecule has 128 valence electrons. The van der Waals surface area contributed by atoms with Gasteiger partial charge in [0, 0.05) is 31.9 Å². The molecule has 7 nitrogen and oxygen atoms in total. The first-order chi connectivity index (χ1) is 11.4. The van der Waals surface area contributed by atoms with Crippen LogP contribution in [0, 0.1) is 5.92 Å². The van der Waals surface area contributed by atoms with Crippen LogP contribution in [0.5, 0.6) is 0 Å². The fourth-order valence-electron chi connectivity index (χ4n) is 2.37. The average molecular weight is 330 g/mol. The quantitative estimate of drug-likeness (QED) is 0.770. The van der Waals surface area contributed by atoms with Gasteiger partial charge >= 0.3 is 0 Å². The first-order valence-electron chi connectivity index (χ1n) is 7.92. The number of nitrogens with zero attached hydrogens (tertiary/aromatic N) is 2. The molecule has 0 aliphatic heterocycles. The van der Waals surface area contributed by atoms with Gasteiger partial charge in [0.1, 0.15) is 0 Å². The van der Waals surface area contributed by atoms with E-state index in [2.05, 4.69) is 15.7 Å². The van der Waals surface area contributed by atoms with E-state index in [0.29, 0.717) is 23.9 Å². The standard InChI is InChI=1S/C17H22N4O3/c1-11(2)10-21-17(24)14-7-5-4-6-13(14)15(20-21)16(23)19-9-8-18-12(3)22/h4-7,11H,8-10H2,1-3H3,(H,18,22)(H,19,23). The second-order valence-corrected chi connectivity index (χ2v) is 6.01. The molecule has 0 unspecified atom stereocenters. The molecule has 0 spiro atoms. The topological polar surface area (TPSA) is 93.1 Å². The smallest absolute Gasteiger partial charge is 0.274 e. The number of aromatic nitrogens is 2. The number of hydrogen-bond acceptors (Lipinski definition) is 4. The fraction of sp³-hybridized carbons (Fsp3) is 0.412. The fourth-order valence-corrected chi connectivity index (χ4v) is 2.37. The van der Waals surface area contributed by atoms with Crippen LogP contribution in [0.1, 0.15) is 31.3 Å². The Morgan fingerprint density at radius 1 is 1.12 bits per heavy atom. The van der Waals surface area contributed by atoms with Gasteiger partial charge in [-0.3, -0.25) is 14.4 Å². The maximum atomic E-state index is 12.5. The second kappa shape index (κ2) is 7.72. The van der Waals surface area contributed by atoms with Gasteiger partial charge in [0.2, 0.25) is 5.91 Å². The SMILES string of the molecule is CC(=O)NCCNC(=O)c1nn(CC(C)C)c(=O)c2ccccc12. The number of nitrogens with one attached hydrogen (secondary N) is 2. The number of carbonyl (C=O) groups excluding carboxylic acids is 2. The highest BCUT2D eigenvalue weighted by molar-refractivity contribution is 6.04. The lowest BCUT2D eigenvalue weighted by Crippen LogP contribution is -2.36. The van der Waals surface area contributed by atoms with E-state index in [9.17, 15) is 14.4 Å². The minimum Gasteiger partial charge on any atom is -0.355 e. The molecule has 1 aromatic heterocycles. The average Bonchev–Trinajstić information content (AvgIpc) is 2.53. The highest BCUT2D eigenvalue weighted by Gasteiger charge is 2.16. The van der Waals surface area contributed by atoms with E-state index in [1.54, 1.807) is 24.3 Å². The lowest BCUT2D eigenvalue weighted by Gasteiger charge is -2.12. The zero-order valence-electron chi connectivity index (χ0n) is 14.1. The van der Waals surface area contributed by atoms with Crippen LogP contribution in [0.4, 0.5) is 0 Å². The maximum absolute atomic E-state index is 12.5. The van der Waals surface area contributed by atoms with Crippen molar-refractivity contribution in [3.63, 3.8) is 0 Å². The number of hydrogen-bond donors (Lipinski definition) is 2. The molecule has 0 bridgehead atoms. The molecule has 1 aromatic carbocycles. The predicted molar refractivity (Wildman–Crippen MR) is 91.9 cm³/mol. The maximum Gasteiger partial charge on any atom is 0.274 e. The van der Waals surface area contributed by atoms with Crippen LogP contribution >= 0.6 is 0 Å². The van der Waals surface area contributed by atoms with Gasteiger partial charge in [0.25, 0.3) is 11.5 Å². The van der Waals surface area contributed by atoms with Crippen molar-refractivity contribution in [1.82, 2.24) is 20.4 Å². The van der Waals surface area contributed by atoms with Crippen LogP contribution in [-0.4, -0.2) is 34.7 Å². The number of amides is 2. The zero-order chi connectivity index (χ0) is 17.7. The number of rotatable bonds is 6. The van der Waals surface area contributed by atoms with Crippen molar-refractivity contribution in [2.24, 2.45) is 5.92 Å². The Morgan fingerprint density at radius 2 is 1.75 bits per heavy atom. The van der Waals surface area contributed by atoms with E-state index >= 15 is 0 Å². The van der Waals surface area contributed by atoms with Crippen molar-refractivity contribution in [2.45, 2.75) is 27.3 Å². The molecule has 7 heteroatoms. The summed E-state index contributed by atoms with van der Waals surface area (Å²) < 4.78 is 1.34. The molecule has 0 saturated heterocycles. The number of fused-ring (bicyclic) bond motifs is 1. The van der Waals surface area contributed by atoms with Gasteiger partial charge in [-0.25, -0.2) is 4.68 Å². The van der Waals surface area contributed by atoms with Crippen LogP contribution < -0.4 is 16.2 Å². The molecular formula is C17H22N4O3. The zero-order valence-corrected chi connectivity index (χ0v) is 14.1. The summed E-state index contributed by atoms with van der Waals surface area (Å²) >= 11 is 0. The second-order valence-electron chi connectivity index (χ2n) is 6.01. The monoisotopic (exact) mass is 330 g/mol. The van der Waals surface area contributed by atoms with Gasteiger partial charge in [-0.2, -0.15) is 5.10 Å². The Kier molecular flexibility index (Phi) is 5.68. The summed E-state index contributed by atoms with van der Waals surface area (Å²) in [6.07, 6.45) is 0. The summed E-state index contributed by atoms with van der Waals surface area (Å²) in [5.41, 5.74) is 0.0165. The Morgan fingerprint density at radius 3 is 2.38 bits per heavy atom. The highest BCUT2D eigenvalue weighted by Crippen LogP contribution is 2.13. The molecule has 0 aliphatic rings. The molecule has 0 radical (unpaired) electrons. The van der Waals surface area contributed by atoms with Gasteiger partial charge < -0.3 is 10.6 Å². The molecular weight excluding hydrogens is 308 g/mol. The van der Waals surface area contributed by atoms with E-state index in [0.717, 1.165) is 0 Å². The summed E-state index contributed by atoms with van der Waals surface area (Å²) in [5, 5.41) is 10.6. The normalized spacial score (nSPS) is 10.8. The van der Waals surface area contributed by atoms with Gasteiger partial charge in [-0.05, 0) is 12.0 Å². The Balaban J connectivity index is 2.34. The van der Waals surface area contributed by atoms with Crippen molar-refractivity contribution >= 4 is 22.6 Å². The van der Waals surface area contributed by atoms with Crippen LogP contribution in [0.15, 0.2) is 29.1 Å². The third-order valence-electron chi connectivity index (χ3n) is 3.41. The molecule has 2 amide bonds. The van der Waals surface area contributed by atoms with Crippen molar-refractivity contribution in [1.29, 1.82) is 0 Å². The Labute approximate surface area is 140 Å². The summed E-state index contributed by atoms with van der Waals surface area (Å²) in [6.45, 7) is 6.45. The predicted octanol–water partition coefficient (Wildman–Crippen LogP) is 0.918. The molecule has 0 aliphatic carbocycles. The van der Waals surface area contributed by atoms with Crippen LogP contribution in [0.2, 0.25) is 0 Å². The van der Waals surface area contributed by atoms with Crippen molar-refractivity contribution in [2.75, 3.05) is 13.1 Å². The molecule has 2 N–H and O–H groups in total. The Bertz CT molecular complexity index is 811. The van der Waals surface area contributed by atoms with E-state index in [-0.39, 0.29) is 35.5 Å². The van der Waals surface area contributed by atoms with Crippen LogP contribution in [0.3, 0.4) is 0 Å². The molecule has 0 atom stereocenters. The third-order valence-corrected chi connectivity index (χ3v) is 3.41. The van der Waals surface area contributed by atoms with Crippen molar-refractivity contribution < 1.29 is 9.59 Å².